The van der Waals surface area contributed by atoms with Crippen molar-refractivity contribution in [2.45, 2.75) is 46.7 Å². The van der Waals surface area contributed by atoms with Crippen LogP contribution in [0.25, 0.3) is 0 Å². The number of anilines is 1. The number of benzene rings is 2. The van der Waals surface area contributed by atoms with Crippen LogP contribution in [0.1, 0.15) is 37.0 Å². The third-order valence-electron chi connectivity index (χ3n) is 5.54. The van der Waals surface area contributed by atoms with Gasteiger partial charge >= 0.3 is 0 Å². The summed E-state index contributed by atoms with van der Waals surface area (Å²) in [4.78, 5) is 27.6. The van der Waals surface area contributed by atoms with Crippen LogP contribution in [0.4, 0.5) is 5.69 Å². The van der Waals surface area contributed by atoms with Crippen molar-refractivity contribution in [3.63, 3.8) is 0 Å². The lowest BCUT2D eigenvalue weighted by atomic mass is 10.1. The van der Waals surface area contributed by atoms with E-state index in [-0.39, 0.29) is 12.5 Å². The van der Waals surface area contributed by atoms with E-state index >= 15 is 0 Å². The highest BCUT2D eigenvalue weighted by Gasteiger charge is 2.30. The molecule has 0 bridgehead atoms. The number of sulfonamides is 1. The van der Waals surface area contributed by atoms with E-state index in [0.717, 1.165) is 28.1 Å². The molecule has 2 amide bonds. The second-order valence-electron chi connectivity index (χ2n) is 8.07. The minimum absolute atomic E-state index is 0.0730. The molecule has 0 saturated heterocycles. The Balaban J connectivity index is 2.43. The van der Waals surface area contributed by atoms with Crippen molar-refractivity contribution in [3.8, 4) is 0 Å². The van der Waals surface area contributed by atoms with Crippen LogP contribution in [0, 0.1) is 13.8 Å². The van der Waals surface area contributed by atoms with Gasteiger partial charge in [0.15, 0.2) is 0 Å². The maximum absolute atomic E-state index is 13.5. The lowest BCUT2D eigenvalue weighted by Gasteiger charge is -2.32. The molecule has 9 heteroatoms. The number of hydrogen-bond acceptors (Lipinski definition) is 4. The van der Waals surface area contributed by atoms with Crippen LogP contribution in [-0.4, -0.2) is 50.5 Å². The van der Waals surface area contributed by atoms with Crippen molar-refractivity contribution >= 4 is 39.1 Å². The number of nitrogens with zero attached hydrogens (tertiary/aromatic N) is 2. The molecule has 0 fully saturated rings. The lowest BCUT2D eigenvalue weighted by Crippen LogP contribution is -2.51. The molecule has 180 valence electrons. The molecule has 0 saturated carbocycles. The number of carbonyl (C=O) groups excluding carboxylic acids is 2. The van der Waals surface area contributed by atoms with Crippen molar-refractivity contribution < 1.29 is 18.0 Å². The number of aryl methyl sites for hydroxylation is 1. The normalized spacial score (nSPS) is 12.2. The van der Waals surface area contributed by atoms with Crippen LogP contribution in [0.15, 0.2) is 42.5 Å². The maximum atomic E-state index is 13.5. The Morgan fingerprint density at radius 3 is 2.36 bits per heavy atom. The fraction of sp³-hybridized carbons (Fsp3) is 0.417. The fourth-order valence-electron chi connectivity index (χ4n) is 3.39. The summed E-state index contributed by atoms with van der Waals surface area (Å²) in [6.07, 6.45) is 1.82. The fourth-order valence-corrected chi connectivity index (χ4v) is 4.48. The van der Waals surface area contributed by atoms with Gasteiger partial charge in [-0.3, -0.25) is 13.9 Å². The first-order valence-corrected chi connectivity index (χ1v) is 13.0. The average Bonchev–Trinajstić information content (AvgIpc) is 2.76. The Morgan fingerprint density at radius 1 is 1.09 bits per heavy atom. The molecule has 0 aliphatic heterocycles. The Bertz CT molecular complexity index is 1100. The van der Waals surface area contributed by atoms with E-state index in [1.54, 1.807) is 43.3 Å². The SMILES string of the molecule is CCCNC(=O)[C@@H](C)N(Cc1ccccc1Cl)C(=O)CN(c1cccc(C)c1C)S(C)(=O)=O. The molecule has 33 heavy (non-hydrogen) atoms. The van der Waals surface area contributed by atoms with Gasteiger partial charge in [0.1, 0.15) is 12.6 Å². The number of hydrogen-bond donors (Lipinski definition) is 1. The monoisotopic (exact) mass is 493 g/mol. The topological polar surface area (TPSA) is 86.8 Å². The molecule has 2 rings (SSSR count). The van der Waals surface area contributed by atoms with Gasteiger partial charge in [-0.1, -0.05) is 48.9 Å². The first-order valence-electron chi connectivity index (χ1n) is 10.8. The highest BCUT2D eigenvalue weighted by atomic mass is 35.5. The molecule has 0 aromatic heterocycles. The van der Waals surface area contributed by atoms with Gasteiger partial charge in [0.2, 0.25) is 21.8 Å². The van der Waals surface area contributed by atoms with Gasteiger partial charge in [0, 0.05) is 18.1 Å². The number of amides is 2. The standard InChI is InChI=1S/C24H32ClN3O4S/c1-6-14-26-24(30)19(4)27(15-20-11-7-8-12-21(20)25)23(29)16-28(33(5,31)32)22-13-9-10-17(2)18(22)3/h7-13,19H,6,14-16H2,1-5H3,(H,26,30)/t19-/m1/s1. The molecule has 0 radical (unpaired) electrons. The molecule has 1 N–H and O–H groups in total. The largest absolute Gasteiger partial charge is 0.354 e. The zero-order valence-electron chi connectivity index (χ0n) is 19.8. The highest BCUT2D eigenvalue weighted by molar-refractivity contribution is 7.92. The zero-order chi connectivity index (χ0) is 24.8. The Kier molecular flexibility index (Phi) is 9.31. The molecule has 0 aliphatic carbocycles. The molecule has 0 spiro atoms. The molecule has 0 unspecified atom stereocenters. The molecule has 2 aromatic rings. The van der Waals surface area contributed by atoms with Gasteiger partial charge in [0.05, 0.1) is 11.9 Å². The maximum Gasteiger partial charge on any atom is 0.244 e. The highest BCUT2D eigenvalue weighted by Crippen LogP contribution is 2.26. The lowest BCUT2D eigenvalue weighted by molar-refractivity contribution is -0.139. The van der Waals surface area contributed by atoms with E-state index < -0.39 is 28.5 Å². The zero-order valence-corrected chi connectivity index (χ0v) is 21.3. The average molecular weight is 494 g/mol. The van der Waals surface area contributed by atoms with Gasteiger partial charge in [0.25, 0.3) is 0 Å². The van der Waals surface area contributed by atoms with Gasteiger partial charge in [-0.05, 0) is 56.0 Å². The van der Waals surface area contributed by atoms with E-state index in [2.05, 4.69) is 5.32 Å². The summed E-state index contributed by atoms with van der Waals surface area (Å²) in [6, 6.07) is 11.5. The van der Waals surface area contributed by atoms with Crippen molar-refractivity contribution in [2.75, 3.05) is 23.7 Å². The van der Waals surface area contributed by atoms with Crippen LogP contribution in [0.3, 0.4) is 0 Å². The number of nitrogens with one attached hydrogen (secondary N) is 1. The summed E-state index contributed by atoms with van der Waals surface area (Å²) in [5.74, 6) is -0.810. The van der Waals surface area contributed by atoms with Gasteiger partial charge in [-0.15, -0.1) is 0 Å². The smallest absolute Gasteiger partial charge is 0.244 e. The summed E-state index contributed by atoms with van der Waals surface area (Å²) in [5, 5.41) is 3.27. The predicted molar refractivity (Wildman–Crippen MR) is 133 cm³/mol. The van der Waals surface area contributed by atoms with E-state index in [9.17, 15) is 18.0 Å². The first-order chi connectivity index (χ1) is 15.5. The Hall–Kier alpha value is -2.58. The van der Waals surface area contributed by atoms with E-state index in [1.165, 1.54) is 4.90 Å². The third-order valence-corrected chi connectivity index (χ3v) is 7.03. The van der Waals surface area contributed by atoms with Gasteiger partial charge < -0.3 is 10.2 Å². The summed E-state index contributed by atoms with van der Waals surface area (Å²) in [6.45, 7) is 7.38. The summed E-state index contributed by atoms with van der Waals surface area (Å²) >= 11 is 6.31. The van der Waals surface area contributed by atoms with Crippen LogP contribution >= 0.6 is 11.6 Å². The van der Waals surface area contributed by atoms with Crippen LogP contribution in [0.5, 0.6) is 0 Å². The molecule has 7 nitrogen and oxygen atoms in total. The first kappa shape index (κ1) is 26.7. The van der Waals surface area contributed by atoms with Crippen LogP contribution < -0.4 is 9.62 Å². The predicted octanol–water partition coefficient (Wildman–Crippen LogP) is 3.67. The van der Waals surface area contributed by atoms with E-state index in [4.69, 9.17) is 11.6 Å². The number of rotatable bonds is 10. The summed E-state index contributed by atoms with van der Waals surface area (Å²) in [5.41, 5.74) is 2.78. The van der Waals surface area contributed by atoms with Crippen LogP contribution in [0.2, 0.25) is 5.02 Å². The molecule has 0 aliphatic rings. The summed E-state index contributed by atoms with van der Waals surface area (Å²) in [7, 11) is -3.77. The molecule has 0 heterocycles. The second-order valence-corrected chi connectivity index (χ2v) is 10.4. The molecular weight excluding hydrogens is 462 g/mol. The van der Waals surface area contributed by atoms with Crippen LogP contribution in [-0.2, 0) is 26.2 Å². The van der Waals surface area contributed by atoms with Gasteiger partial charge in [-0.25, -0.2) is 8.42 Å². The van der Waals surface area contributed by atoms with Crippen molar-refractivity contribution in [3.05, 3.63) is 64.2 Å². The number of halogens is 1. The Labute approximate surface area is 201 Å². The van der Waals surface area contributed by atoms with E-state index in [1.807, 2.05) is 26.8 Å². The third kappa shape index (κ3) is 6.95. The minimum atomic E-state index is -3.77. The van der Waals surface area contributed by atoms with Crippen molar-refractivity contribution in [1.82, 2.24) is 10.2 Å². The molecular formula is C24H32ClN3O4S. The van der Waals surface area contributed by atoms with Crippen molar-refractivity contribution in [1.29, 1.82) is 0 Å². The molecule has 2 aromatic carbocycles. The second kappa shape index (κ2) is 11.5. The van der Waals surface area contributed by atoms with Crippen molar-refractivity contribution in [2.24, 2.45) is 0 Å². The minimum Gasteiger partial charge on any atom is -0.354 e. The van der Waals surface area contributed by atoms with Gasteiger partial charge in [-0.2, -0.15) is 0 Å². The molecule has 1 atom stereocenters. The Morgan fingerprint density at radius 2 is 1.76 bits per heavy atom. The quantitative estimate of drug-likeness (QED) is 0.547. The van der Waals surface area contributed by atoms with E-state index in [0.29, 0.717) is 22.8 Å². The number of carbonyl (C=O) groups is 2. The summed E-state index contributed by atoms with van der Waals surface area (Å²) < 4.78 is 26.4.